The highest BCUT2D eigenvalue weighted by Crippen LogP contribution is 2.41. The molecule has 162 valence electrons. The second-order valence-corrected chi connectivity index (χ2v) is 6.61. The summed E-state index contributed by atoms with van der Waals surface area (Å²) in [5.74, 6) is 2.47. The maximum absolute atomic E-state index is 12.4. The minimum Gasteiger partial charge on any atom is -0.493 e. The Hall–Kier alpha value is -3.68. The second-order valence-electron chi connectivity index (χ2n) is 6.61. The van der Waals surface area contributed by atoms with Gasteiger partial charge in [0, 0.05) is 5.56 Å². The number of hydrogen-bond acceptors (Lipinski definition) is 8. The van der Waals surface area contributed by atoms with E-state index in [-0.39, 0.29) is 11.6 Å². The molecule has 2 heterocycles. The van der Waals surface area contributed by atoms with E-state index in [1.54, 1.807) is 43.5 Å². The van der Waals surface area contributed by atoms with Gasteiger partial charge in [0.1, 0.15) is 13.2 Å². The van der Waals surface area contributed by atoms with Crippen LogP contribution in [-0.4, -0.2) is 45.4 Å². The molecule has 0 aromatic heterocycles. The maximum atomic E-state index is 12.4. The molecule has 31 heavy (non-hydrogen) atoms. The molecule has 0 N–H and O–H groups in total. The average molecular weight is 425 g/mol. The fraction of sp³-hybridized carbons (Fsp3) is 0.304. The summed E-state index contributed by atoms with van der Waals surface area (Å²) in [6.45, 7) is 5.68. The van der Waals surface area contributed by atoms with E-state index in [1.807, 2.05) is 13.8 Å². The number of esters is 1. The Balaban J connectivity index is 1.66. The van der Waals surface area contributed by atoms with Gasteiger partial charge in [-0.1, -0.05) is 0 Å². The molecular weight excluding hydrogens is 402 g/mol. The number of carbonyl (C=O) groups excluding carboxylic acids is 1. The summed E-state index contributed by atoms with van der Waals surface area (Å²) >= 11 is 0. The molecule has 0 radical (unpaired) electrons. The van der Waals surface area contributed by atoms with Crippen molar-refractivity contribution >= 4 is 17.9 Å². The lowest BCUT2D eigenvalue weighted by molar-refractivity contribution is -0.129. The predicted molar refractivity (Wildman–Crippen MR) is 113 cm³/mol. The Morgan fingerprint density at radius 3 is 2.55 bits per heavy atom. The van der Waals surface area contributed by atoms with Crippen LogP contribution in [0.4, 0.5) is 0 Å². The van der Waals surface area contributed by atoms with Crippen molar-refractivity contribution in [2.24, 2.45) is 4.99 Å². The van der Waals surface area contributed by atoms with Gasteiger partial charge < -0.3 is 28.4 Å². The molecule has 0 saturated heterocycles. The van der Waals surface area contributed by atoms with Gasteiger partial charge in [-0.25, -0.2) is 9.79 Å². The first-order valence-corrected chi connectivity index (χ1v) is 10.0. The number of aliphatic imine (C=N–C) groups is 1. The Kier molecular flexibility index (Phi) is 5.97. The van der Waals surface area contributed by atoms with Crippen LogP contribution >= 0.6 is 0 Å². The number of methoxy groups -OCH3 is 1. The zero-order chi connectivity index (χ0) is 21.8. The maximum Gasteiger partial charge on any atom is 0.363 e. The van der Waals surface area contributed by atoms with Crippen LogP contribution in [0.25, 0.3) is 6.08 Å². The zero-order valence-corrected chi connectivity index (χ0v) is 17.6. The van der Waals surface area contributed by atoms with E-state index >= 15 is 0 Å². The van der Waals surface area contributed by atoms with Crippen molar-refractivity contribution in [3.63, 3.8) is 0 Å². The highest BCUT2D eigenvalue weighted by atomic mass is 16.6. The van der Waals surface area contributed by atoms with E-state index in [0.29, 0.717) is 66.3 Å². The number of fused-ring (bicyclic) bond motifs is 1. The molecule has 0 bridgehead atoms. The molecule has 0 aliphatic carbocycles. The average Bonchev–Trinajstić information content (AvgIpc) is 3.14. The molecule has 0 spiro atoms. The van der Waals surface area contributed by atoms with Crippen LogP contribution in [0.3, 0.4) is 0 Å². The standard InChI is InChI=1S/C23H23NO7/c1-4-27-17-7-6-15(13-18(17)28-5-2)22-24-16(23(25)31-22)10-14-11-19(26-3)21-20(12-14)29-8-9-30-21/h6-7,10-13H,4-5,8-9H2,1-3H3/b16-10-. The number of ether oxygens (including phenoxy) is 6. The van der Waals surface area contributed by atoms with Crippen molar-refractivity contribution in [1.29, 1.82) is 0 Å². The minimum atomic E-state index is -0.546. The minimum absolute atomic E-state index is 0.167. The first-order valence-electron chi connectivity index (χ1n) is 10.0. The lowest BCUT2D eigenvalue weighted by atomic mass is 10.1. The second kappa shape index (κ2) is 8.99. The molecule has 0 atom stereocenters. The number of nitrogens with zero attached hydrogens (tertiary/aromatic N) is 1. The quantitative estimate of drug-likeness (QED) is 0.495. The van der Waals surface area contributed by atoms with E-state index < -0.39 is 5.97 Å². The summed E-state index contributed by atoms with van der Waals surface area (Å²) in [6, 6.07) is 8.82. The molecular formula is C23H23NO7. The molecule has 2 aliphatic rings. The summed E-state index contributed by atoms with van der Waals surface area (Å²) in [6.07, 6.45) is 1.62. The van der Waals surface area contributed by atoms with E-state index in [4.69, 9.17) is 28.4 Å². The van der Waals surface area contributed by atoms with Gasteiger partial charge >= 0.3 is 5.97 Å². The summed E-state index contributed by atoms with van der Waals surface area (Å²) < 4.78 is 33.3. The van der Waals surface area contributed by atoms with Crippen molar-refractivity contribution in [2.45, 2.75) is 13.8 Å². The van der Waals surface area contributed by atoms with E-state index in [2.05, 4.69) is 4.99 Å². The van der Waals surface area contributed by atoms with Crippen LogP contribution < -0.4 is 23.7 Å². The first kappa shape index (κ1) is 20.6. The van der Waals surface area contributed by atoms with E-state index in [0.717, 1.165) is 0 Å². The Morgan fingerprint density at radius 2 is 1.77 bits per heavy atom. The van der Waals surface area contributed by atoms with Crippen LogP contribution in [-0.2, 0) is 9.53 Å². The van der Waals surface area contributed by atoms with Crippen molar-refractivity contribution in [2.75, 3.05) is 33.5 Å². The molecule has 2 aromatic carbocycles. The lowest BCUT2D eigenvalue weighted by Gasteiger charge is -2.20. The van der Waals surface area contributed by atoms with Crippen molar-refractivity contribution in [3.8, 4) is 28.7 Å². The van der Waals surface area contributed by atoms with Gasteiger partial charge in [-0.05, 0) is 55.8 Å². The fourth-order valence-electron chi connectivity index (χ4n) is 3.25. The predicted octanol–water partition coefficient (Wildman–Crippen LogP) is 3.61. The topological polar surface area (TPSA) is 84.8 Å². The summed E-state index contributed by atoms with van der Waals surface area (Å²) in [4.78, 5) is 16.8. The Labute approximate surface area is 180 Å². The smallest absolute Gasteiger partial charge is 0.363 e. The van der Waals surface area contributed by atoms with Gasteiger partial charge in [0.05, 0.1) is 20.3 Å². The van der Waals surface area contributed by atoms with Crippen molar-refractivity contribution in [1.82, 2.24) is 0 Å². The number of cyclic esters (lactones) is 1. The normalized spacial score (nSPS) is 16.0. The zero-order valence-electron chi connectivity index (χ0n) is 17.6. The van der Waals surface area contributed by atoms with Gasteiger partial charge in [0.2, 0.25) is 11.6 Å². The highest BCUT2D eigenvalue weighted by Gasteiger charge is 2.26. The van der Waals surface area contributed by atoms with Gasteiger partial charge in [0.15, 0.2) is 28.7 Å². The van der Waals surface area contributed by atoms with Gasteiger partial charge in [-0.15, -0.1) is 0 Å². The highest BCUT2D eigenvalue weighted by molar-refractivity contribution is 6.13. The SMILES string of the molecule is CCOc1ccc(C2=N/C(=C\c3cc(OC)c4c(c3)OCCO4)C(=O)O2)cc1OCC. The van der Waals surface area contributed by atoms with Crippen LogP contribution in [0.15, 0.2) is 41.0 Å². The van der Waals surface area contributed by atoms with Crippen LogP contribution in [0.1, 0.15) is 25.0 Å². The summed E-state index contributed by atoms with van der Waals surface area (Å²) in [5, 5.41) is 0. The monoisotopic (exact) mass is 425 g/mol. The molecule has 8 heteroatoms. The molecule has 2 aromatic rings. The van der Waals surface area contributed by atoms with Gasteiger partial charge in [-0.2, -0.15) is 0 Å². The number of carbonyl (C=O) groups is 1. The van der Waals surface area contributed by atoms with E-state index in [1.165, 1.54) is 0 Å². The number of rotatable bonds is 7. The Bertz CT molecular complexity index is 1040. The third-order valence-electron chi connectivity index (χ3n) is 4.56. The van der Waals surface area contributed by atoms with Crippen molar-refractivity contribution in [3.05, 3.63) is 47.2 Å². The molecule has 2 aliphatic heterocycles. The molecule has 0 saturated carbocycles. The third kappa shape index (κ3) is 4.28. The first-order chi connectivity index (χ1) is 15.1. The number of hydrogen-bond donors (Lipinski definition) is 0. The van der Waals surface area contributed by atoms with E-state index in [9.17, 15) is 4.79 Å². The summed E-state index contributed by atoms with van der Waals surface area (Å²) in [5.41, 5.74) is 1.46. The largest absolute Gasteiger partial charge is 0.493 e. The molecule has 0 amide bonds. The third-order valence-corrected chi connectivity index (χ3v) is 4.56. The lowest BCUT2D eigenvalue weighted by Crippen LogP contribution is -2.16. The van der Waals surface area contributed by atoms with Crippen molar-refractivity contribution < 1.29 is 33.2 Å². The fourth-order valence-corrected chi connectivity index (χ4v) is 3.25. The van der Waals surface area contributed by atoms with Gasteiger partial charge in [-0.3, -0.25) is 0 Å². The van der Waals surface area contributed by atoms with Crippen LogP contribution in [0.5, 0.6) is 28.7 Å². The molecule has 8 nitrogen and oxygen atoms in total. The van der Waals surface area contributed by atoms with Crippen LogP contribution in [0.2, 0.25) is 0 Å². The summed E-state index contributed by atoms with van der Waals surface area (Å²) in [7, 11) is 1.55. The molecule has 0 unspecified atom stereocenters. The van der Waals surface area contributed by atoms with Crippen LogP contribution in [0, 0.1) is 0 Å². The van der Waals surface area contributed by atoms with Gasteiger partial charge in [0.25, 0.3) is 0 Å². The molecule has 0 fully saturated rings. The molecule has 4 rings (SSSR count). The Morgan fingerprint density at radius 1 is 1.00 bits per heavy atom. The number of benzene rings is 2.